The third-order valence-corrected chi connectivity index (χ3v) is 2.86. The summed E-state index contributed by atoms with van der Waals surface area (Å²) in [6.07, 6.45) is 1.33. The van der Waals surface area contributed by atoms with Crippen molar-refractivity contribution in [1.82, 2.24) is 9.97 Å². The lowest BCUT2D eigenvalue weighted by atomic mass is 9.88. The van der Waals surface area contributed by atoms with Gasteiger partial charge in [-0.3, -0.25) is 4.79 Å². The van der Waals surface area contributed by atoms with E-state index in [0.29, 0.717) is 5.82 Å². The van der Waals surface area contributed by atoms with Crippen molar-refractivity contribution in [3.63, 3.8) is 0 Å². The number of anilines is 1. The highest BCUT2D eigenvalue weighted by Crippen LogP contribution is 2.23. The number of nitrogens with zero attached hydrogens (tertiary/aromatic N) is 2. The molecule has 1 aromatic heterocycles. The van der Waals surface area contributed by atoms with Crippen LogP contribution >= 0.6 is 11.6 Å². The van der Waals surface area contributed by atoms with Crippen molar-refractivity contribution in [3.8, 4) is 0 Å². The lowest BCUT2D eigenvalue weighted by molar-refractivity contribution is 0.100. The molecule has 17 heavy (non-hydrogen) atoms. The number of primary amides is 1. The highest BCUT2D eigenvalue weighted by molar-refractivity contribution is 6.28. The number of rotatable bonds is 3. The van der Waals surface area contributed by atoms with Crippen molar-refractivity contribution in [2.75, 3.05) is 5.32 Å². The summed E-state index contributed by atoms with van der Waals surface area (Å²) < 4.78 is 0. The quantitative estimate of drug-likeness (QED) is 0.812. The fourth-order valence-electron chi connectivity index (χ4n) is 1.07. The smallest absolute Gasteiger partial charge is 0.254 e. The van der Waals surface area contributed by atoms with Gasteiger partial charge in [0.2, 0.25) is 5.28 Å². The van der Waals surface area contributed by atoms with Crippen molar-refractivity contribution in [2.45, 2.75) is 33.7 Å². The van der Waals surface area contributed by atoms with E-state index < -0.39 is 5.91 Å². The van der Waals surface area contributed by atoms with Crippen molar-refractivity contribution in [2.24, 2.45) is 11.1 Å². The second kappa shape index (κ2) is 4.87. The third-order valence-electron chi connectivity index (χ3n) is 2.68. The molecule has 1 rings (SSSR count). The van der Waals surface area contributed by atoms with Crippen LogP contribution in [0.25, 0.3) is 0 Å². The minimum Gasteiger partial charge on any atom is -0.366 e. The Balaban J connectivity index is 3.04. The molecule has 1 amide bonds. The van der Waals surface area contributed by atoms with Crippen LogP contribution in [0.4, 0.5) is 5.82 Å². The Labute approximate surface area is 106 Å². The van der Waals surface area contributed by atoms with Gasteiger partial charge in [0, 0.05) is 12.2 Å². The SMILES string of the molecule is CC(Nc1nc(Cl)ncc1C(N)=O)C(C)(C)C. The van der Waals surface area contributed by atoms with Gasteiger partial charge in [-0.15, -0.1) is 0 Å². The summed E-state index contributed by atoms with van der Waals surface area (Å²) in [5.41, 5.74) is 5.51. The highest BCUT2D eigenvalue weighted by atomic mass is 35.5. The maximum absolute atomic E-state index is 11.2. The summed E-state index contributed by atoms with van der Waals surface area (Å²) in [4.78, 5) is 19.0. The Morgan fingerprint density at radius 1 is 1.53 bits per heavy atom. The molecule has 94 valence electrons. The Morgan fingerprint density at radius 3 is 2.59 bits per heavy atom. The molecule has 1 unspecified atom stereocenters. The van der Waals surface area contributed by atoms with Crippen LogP contribution in [0.2, 0.25) is 5.28 Å². The summed E-state index contributed by atoms with van der Waals surface area (Å²) >= 11 is 5.70. The molecule has 1 atom stereocenters. The summed E-state index contributed by atoms with van der Waals surface area (Å²) in [7, 11) is 0. The number of hydrogen-bond acceptors (Lipinski definition) is 4. The second-order valence-corrected chi connectivity index (χ2v) is 5.34. The van der Waals surface area contributed by atoms with Crippen LogP contribution in [0.1, 0.15) is 38.1 Å². The van der Waals surface area contributed by atoms with Crippen LogP contribution < -0.4 is 11.1 Å². The Morgan fingerprint density at radius 2 is 2.12 bits per heavy atom. The summed E-state index contributed by atoms with van der Waals surface area (Å²) in [5, 5.41) is 3.22. The monoisotopic (exact) mass is 256 g/mol. The predicted molar refractivity (Wildman–Crippen MR) is 68.1 cm³/mol. The van der Waals surface area contributed by atoms with E-state index in [1.807, 2.05) is 6.92 Å². The topological polar surface area (TPSA) is 80.9 Å². The molecular weight excluding hydrogens is 240 g/mol. The fourth-order valence-corrected chi connectivity index (χ4v) is 1.21. The van der Waals surface area contributed by atoms with Crippen LogP contribution in [0.3, 0.4) is 0 Å². The standard InChI is InChI=1S/C11H17ClN4O/c1-6(11(2,3)4)15-9-7(8(13)17)5-14-10(12)16-9/h5-6H,1-4H3,(H2,13,17)(H,14,15,16). The molecule has 1 aromatic rings. The normalized spacial score (nSPS) is 13.2. The molecule has 0 aliphatic rings. The van der Waals surface area contributed by atoms with E-state index in [0.717, 1.165) is 0 Å². The van der Waals surface area contributed by atoms with Gasteiger partial charge < -0.3 is 11.1 Å². The first kappa shape index (κ1) is 13.7. The summed E-state index contributed by atoms with van der Waals surface area (Å²) in [6.45, 7) is 8.24. The van der Waals surface area contributed by atoms with E-state index in [1.54, 1.807) is 0 Å². The molecule has 0 fully saturated rings. The van der Waals surface area contributed by atoms with Gasteiger partial charge in [-0.25, -0.2) is 4.98 Å². The number of hydrogen-bond donors (Lipinski definition) is 2. The average Bonchev–Trinajstić information content (AvgIpc) is 2.15. The molecule has 0 bridgehead atoms. The maximum atomic E-state index is 11.2. The summed E-state index contributed by atoms with van der Waals surface area (Å²) in [6, 6.07) is 0.103. The van der Waals surface area contributed by atoms with Crippen LogP contribution in [0, 0.1) is 5.41 Å². The van der Waals surface area contributed by atoms with Gasteiger partial charge in [0.1, 0.15) is 5.82 Å². The van der Waals surface area contributed by atoms with Crippen molar-refractivity contribution in [1.29, 1.82) is 0 Å². The number of carbonyl (C=O) groups excluding carboxylic acids is 1. The first-order valence-corrected chi connectivity index (χ1v) is 5.68. The van der Waals surface area contributed by atoms with Crippen LogP contribution in [-0.4, -0.2) is 21.9 Å². The molecule has 3 N–H and O–H groups in total. The van der Waals surface area contributed by atoms with Crippen LogP contribution in [0.15, 0.2) is 6.20 Å². The number of halogens is 1. The Bertz CT molecular complexity index is 428. The molecule has 0 spiro atoms. The van der Waals surface area contributed by atoms with E-state index in [4.69, 9.17) is 17.3 Å². The zero-order chi connectivity index (χ0) is 13.2. The van der Waals surface area contributed by atoms with Gasteiger partial charge in [0.05, 0.1) is 5.56 Å². The minimum atomic E-state index is -0.578. The molecule has 0 aromatic carbocycles. The van der Waals surface area contributed by atoms with E-state index >= 15 is 0 Å². The maximum Gasteiger partial charge on any atom is 0.254 e. The van der Waals surface area contributed by atoms with Crippen LogP contribution in [0.5, 0.6) is 0 Å². The zero-order valence-electron chi connectivity index (χ0n) is 10.4. The van der Waals surface area contributed by atoms with Crippen LogP contribution in [-0.2, 0) is 0 Å². The molecule has 0 aliphatic heterocycles. The number of nitrogens with two attached hydrogens (primary N) is 1. The lowest BCUT2D eigenvalue weighted by Gasteiger charge is -2.28. The van der Waals surface area contributed by atoms with E-state index in [9.17, 15) is 4.79 Å². The van der Waals surface area contributed by atoms with Crippen molar-refractivity contribution < 1.29 is 4.79 Å². The van der Waals surface area contributed by atoms with Gasteiger partial charge in [-0.05, 0) is 23.9 Å². The van der Waals surface area contributed by atoms with Gasteiger partial charge in [-0.1, -0.05) is 20.8 Å². The molecule has 1 heterocycles. The first-order chi connectivity index (χ1) is 7.71. The summed E-state index contributed by atoms with van der Waals surface area (Å²) in [5.74, 6) is -0.204. The fraction of sp³-hybridized carbons (Fsp3) is 0.545. The van der Waals surface area contributed by atoms with Gasteiger partial charge >= 0.3 is 0 Å². The first-order valence-electron chi connectivity index (χ1n) is 5.30. The molecule has 0 aliphatic carbocycles. The average molecular weight is 257 g/mol. The zero-order valence-corrected chi connectivity index (χ0v) is 11.2. The third kappa shape index (κ3) is 3.56. The minimum absolute atomic E-state index is 0.0202. The number of amides is 1. The molecule has 0 saturated heterocycles. The number of aromatic nitrogens is 2. The van der Waals surface area contributed by atoms with Gasteiger partial charge in [0.25, 0.3) is 5.91 Å². The van der Waals surface area contributed by atoms with Crippen molar-refractivity contribution in [3.05, 3.63) is 17.0 Å². The van der Waals surface area contributed by atoms with Gasteiger partial charge in [0.15, 0.2) is 0 Å². The number of nitrogens with one attached hydrogen (secondary N) is 1. The largest absolute Gasteiger partial charge is 0.366 e. The van der Waals surface area contributed by atoms with Gasteiger partial charge in [-0.2, -0.15) is 4.98 Å². The molecule has 0 radical (unpaired) electrons. The number of carbonyl (C=O) groups is 1. The lowest BCUT2D eigenvalue weighted by Crippen LogP contribution is -2.32. The molecule has 6 heteroatoms. The Hall–Kier alpha value is -1.36. The predicted octanol–water partition coefficient (Wildman–Crippen LogP) is 2.08. The molecule has 5 nitrogen and oxygen atoms in total. The van der Waals surface area contributed by atoms with Crippen molar-refractivity contribution >= 4 is 23.3 Å². The van der Waals surface area contributed by atoms with E-state index in [2.05, 4.69) is 36.1 Å². The Kier molecular flexibility index (Phi) is 3.93. The second-order valence-electron chi connectivity index (χ2n) is 5.00. The van der Waals surface area contributed by atoms with E-state index in [1.165, 1.54) is 6.20 Å². The molecule has 0 saturated carbocycles. The van der Waals surface area contributed by atoms with E-state index in [-0.39, 0.29) is 22.3 Å². The highest BCUT2D eigenvalue weighted by Gasteiger charge is 2.22. The molecular formula is C11H17ClN4O.